The number of ether oxygens (including phenoxy) is 5. The van der Waals surface area contributed by atoms with E-state index in [9.17, 15) is 86.7 Å². The highest BCUT2D eigenvalue weighted by Crippen LogP contribution is 2.37. The molecule has 0 radical (unpaired) electrons. The average Bonchev–Trinajstić information content (AvgIpc) is 0.806. The first-order chi connectivity index (χ1) is 62.5. The molecule has 0 spiro atoms. The fourth-order valence-electron chi connectivity index (χ4n) is 13.0. The lowest BCUT2D eigenvalue weighted by Gasteiger charge is -2.26. The third-order valence-electron chi connectivity index (χ3n) is 18.6. The minimum absolute atomic E-state index is 0.107. The van der Waals surface area contributed by atoms with Gasteiger partial charge in [0.2, 0.25) is 0 Å². The maximum Gasteiger partial charge on any atom is 0.326 e. The summed E-state index contributed by atoms with van der Waals surface area (Å²) in [4.78, 5) is 107. The molecular weight excluding hydrogens is 1780 g/mol. The van der Waals surface area contributed by atoms with Crippen LogP contribution in [0.4, 0.5) is 71.0 Å². The number of carbonyl (C=O) groups excluding carboxylic acids is 8. The molecule has 0 heterocycles. The molecule has 0 unspecified atom stereocenters. The number of hydrogen-bond donors (Lipinski definition) is 0. The molecule has 0 aliphatic rings. The SMILES string of the molecule is CC(C)(C)OC(=O)CN(C(=O)c1c(F)cccc1F)c1cccc(-c2ccc(Cl)cc2)c1.CC(C)(C)OC(=O)CN(C(=O)c1c(F)cccc1F)c1cccc(-c2ccc(F)c(F)c2)c1.CCOc1ccc(-c2cccc(N(CC(=O)OC(C)(C)C)C(=O)c3c(F)cccc3F)c2)cc1Cl.Cc1cc(-c2cccc(N(CC(=O)OC(C)(C)C)C(=O)c3c(F)cccc3F)c2)ccc1F. The monoisotopic (exact) mass is 1870 g/mol. The van der Waals surface area contributed by atoms with Gasteiger partial charge in [0.1, 0.15) is 129 Å². The number of nitrogens with zero attached hydrogens (tertiary/aromatic N) is 4. The van der Waals surface area contributed by atoms with Crippen molar-refractivity contribution >= 4 is 93.5 Å². The van der Waals surface area contributed by atoms with E-state index in [2.05, 4.69) is 0 Å². The number of anilines is 4. The third-order valence-corrected chi connectivity index (χ3v) is 19.2. The number of hydrogen-bond acceptors (Lipinski definition) is 13. The Labute approximate surface area is 772 Å². The highest BCUT2D eigenvalue weighted by molar-refractivity contribution is 6.32. The van der Waals surface area contributed by atoms with Crippen LogP contribution in [0.2, 0.25) is 10.0 Å². The number of carbonyl (C=O) groups is 8. The number of halogens is 13. The van der Waals surface area contributed by atoms with Crippen LogP contribution in [0.5, 0.6) is 5.75 Å². The molecule has 0 atom stereocenters. The molecule has 0 saturated heterocycles. The molecule has 12 aromatic carbocycles. The summed E-state index contributed by atoms with van der Waals surface area (Å²) in [6.07, 6.45) is 0. The van der Waals surface area contributed by atoms with Crippen LogP contribution >= 0.6 is 23.2 Å². The predicted octanol–water partition coefficient (Wildman–Crippen LogP) is 24.9. The summed E-state index contributed by atoms with van der Waals surface area (Å²) in [5.41, 5.74) is -0.121. The molecule has 12 rings (SSSR count). The van der Waals surface area contributed by atoms with E-state index in [-0.39, 0.29) is 28.6 Å². The number of aryl methyl sites for hydroxylation is 1. The van der Waals surface area contributed by atoms with Crippen molar-refractivity contribution in [1.82, 2.24) is 0 Å². The summed E-state index contributed by atoms with van der Waals surface area (Å²) in [6.45, 7) is 21.7. The molecular formula is C103H93Cl2F11N4O13. The minimum atomic E-state index is -1.10. The quantitative estimate of drug-likeness (QED) is 0.0353. The van der Waals surface area contributed by atoms with E-state index in [1.807, 2.05) is 13.0 Å². The van der Waals surface area contributed by atoms with Crippen molar-refractivity contribution in [2.75, 3.05) is 52.4 Å². The van der Waals surface area contributed by atoms with Gasteiger partial charge in [-0.05, 0) is 293 Å². The maximum atomic E-state index is 14.4. The Morgan fingerprint density at radius 3 is 0.774 bits per heavy atom. The third kappa shape index (κ3) is 29.0. The second-order valence-electron chi connectivity index (χ2n) is 33.7. The summed E-state index contributed by atoms with van der Waals surface area (Å²) >= 11 is 12.3. The van der Waals surface area contributed by atoms with Crippen molar-refractivity contribution in [2.45, 2.75) is 119 Å². The smallest absolute Gasteiger partial charge is 0.326 e. The molecule has 0 aliphatic carbocycles. The van der Waals surface area contributed by atoms with Crippen LogP contribution in [0.15, 0.2) is 249 Å². The van der Waals surface area contributed by atoms with Crippen LogP contribution in [0.3, 0.4) is 0 Å². The summed E-state index contributed by atoms with van der Waals surface area (Å²) in [5, 5.41) is 0.978. The topological polar surface area (TPSA) is 196 Å². The standard InChI is InChI=1S/C27H26ClF2NO4.C26H24F3NO3.C25H22ClF2NO3.C25H21F4NO3/c1-5-34-23-13-12-18(15-20(23)28)17-8-6-9-19(14-17)31(16-24(32)35-27(2,3)4)26(33)25-21(29)10-7-11-22(25)30;1-16-13-18(11-12-20(16)27)17-7-5-8-19(14-17)30(15-23(31)33-26(2,3)4)25(32)24-21(28)9-6-10-22(24)29;1-25(2,3)32-22(30)15-29(24(31)23-20(27)8-5-9-21(23)28)19-7-4-6-17(14-19)16-10-12-18(26)13-11-16;1-25(2,3)33-22(31)14-30(24(32)23-19(27)8-5-9-20(23)28)17-7-4-6-15(12-17)16-10-11-18(26)21(29)13-16/h6-15H,5,16H2,1-4H3;5-14H,15H2,1-4H3;4-14H,15H2,1-3H3;4-13H,14H2,1-3H3. The Morgan fingerprint density at radius 1 is 0.271 bits per heavy atom. The van der Waals surface area contributed by atoms with Gasteiger partial charge in [-0.1, -0.05) is 126 Å². The van der Waals surface area contributed by atoms with Crippen molar-refractivity contribution < 1.29 is 110 Å². The lowest BCUT2D eigenvalue weighted by molar-refractivity contribution is -0.154. The second kappa shape index (κ2) is 44.8. The summed E-state index contributed by atoms with van der Waals surface area (Å²) in [7, 11) is 0. The number of rotatable bonds is 22. The van der Waals surface area contributed by atoms with E-state index in [0.717, 1.165) is 115 Å². The van der Waals surface area contributed by atoms with Crippen LogP contribution in [-0.2, 0) is 38.1 Å². The number of benzene rings is 12. The lowest BCUT2D eigenvalue weighted by atomic mass is 10.0. The van der Waals surface area contributed by atoms with E-state index in [1.165, 1.54) is 36.4 Å². The molecule has 0 bridgehead atoms. The Bertz CT molecular complexity index is 6020. The lowest BCUT2D eigenvalue weighted by Crippen LogP contribution is -2.39. The first kappa shape index (κ1) is 103. The van der Waals surface area contributed by atoms with Crippen molar-refractivity contribution in [1.29, 1.82) is 0 Å². The fourth-order valence-corrected chi connectivity index (χ4v) is 13.4. The van der Waals surface area contributed by atoms with Gasteiger partial charge in [-0.15, -0.1) is 0 Å². The zero-order valence-corrected chi connectivity index (χ0v) is 76.2. The molecule has 4 amide bonds. The van der Waals surface area contributed by atoms with Gasteiger partial charge in [0.15, 0.2) is 11.6 Å². The Kier molecular flexibility index (Phi) is 34.6. The molecule has 17 nitrogen and oxygen atoms in total. The van der Waals surface area contributed by atoms with Gasteiger partial charge in [-0.25, -0.2) is 48.3 Å². The van der Waals surface area contributed by atoms with Crippen LogP contribution in [0, 0.1) is 70.9 Å². The average molecular weight is 1870 g/mol. The predicted molar refractivity (Wildman–Crippen MR) is 489 cm³/mol. The molecule has 133 heavy (non-hydrogen) atoms. The van der Waals surface area contributed by atoms with E-state index < -0.39 is 177 Å². The van der Waals surface area contributed by atoms with Gasteiger partial charge in [0, 0.05) is 27.8 Å². The summed E-state index contributed by atoms with van der Waals surface area (Å²) in [5.74, 6) is -17.4. The normalized spacial score (nSPS) is 11.2. The number of esters is 4. The van der Waals surface area contributed by atoms with Crippen LogP contribution in [0.25, 0.3) is 44.5 Å². The molecule has 0 aromatic heterocycles. The first-order valence-corrected chi connectivity index (χ1v) is 41.9. The fraction of sp³-hybridized carbons (Fsp3) is 0.223. The highest BCUT2D eigenvalue weighted by atomic mass is 35.5. The minimum Gasteiger partial charge on any atom is -0.492 e. The second-order valence-corrected chi connectivity index (χ2v) is 34.5. The van der Waals surface area contributed by atoms with E-state index in [0.29, 0.717) is 55.8 Å². The Balaban J connectivity index is 0.000000199. The Morgan fingerprint density at radius 2 is 0.511 bits per heavy atom. The van der Waals surface area contributed by atoms with E-state index in [1.54, 1.807) is 217 Å². The molecule has 0 aliphatic heterocycles. The van der Waals surface area contributed by atoms with Gasteiger partial charge < -0.3 is 23.7 Å². The summed E-state index contributed by atoms with van der Waals surface area (Å²) in [6, 6.07) is 58.4. The van der Waals surface area contributed by atoms with Crippen LogP contribution in [0.1, 0.15) is 137 Å². The van der Waals surface area contributed by atoms with Crippen molar-refractivity contribution in [2.24, 2.45) is 0 Å². The zero-order chi connectivity index (χ0) is 97.9. The maximum absolute atomic E-state index is 14.4. The van der Waals surface area contributed by atoms with Crippen molar-refractivity contribution in [3.63, 3.8) is 0 Å². The number of amides is 4. The summed E-state index contributed by atoms with van der Waals surface area (Å²) < 4.78 is 182. The molecule has 12 aromatic rings. The van der Waals surface area contributed by atoms with E-state index in [4.69, 9.17) is 46.9 Å². The zero-order valence-electron chi connectivity index (χ0n) is 74.7. The van der Waals surface area contributed by atoms with Crippen LogP contribution in [-0.4, -0.2) is 103 Å². The van der Waals surface area contributed by atoms with Crippen LogP contribution < -0.4 is 24.3 Å². The van der Waals surface area contributed by atoms with Gasteiger partial charge in [-0.2, -0.15) is 0 Å². The van der Waals surface area contributed by atoms with Gasteiger partial charge in [0.05, 0.1) is 11.6 Å². The van der Waals surface area contributed by atoms with Gasteiger partial charge in [0.25, 0.3) is 23.6 Å². The molecule has 30 heteroatoms. The van der Waals surface area contributed by atoms with Gasteiger partial charge >= 0.3 is 23.9 Å². The highest BCUT2D eigenvalue weighted by Gasteiger charge is 2.35. The molecule has 694 valence electrons. The Hall–Kier alpha value is -14.0. The largest absolute Gasteiger partial charge is 0.492 e. The first-order valence-electron chi connectivity index (χ1n) is 41.2. The van der Waals surface area contributed by atoms with Gasteiger partial charge in [-0.3, -0.25) is 58.0 Å². The van der Waals surface area contributed by atoms with E-state index >= 15 is 0 Å². The molecule has 0 fully saturated rings. The molecule has 0 saturated carbocycles. The molecule has 0 N–H and O–H groups in total. The van der Waals surface area contributed by atoms with Crippen molar-refractivity contribution in [3.05, 3.63) is 351 Å². The van der Waals surface area contributed by atoms with Crippen molar-refractivity contribution in [3.8, 4) is 50.3 Å².